The van der Waals surface area contributed by atoms with Crippen molar-refractivity contribution in [2.45, 2.75) is 46.4 Å². The zero-order valence-electron chi connectivity index (χ0n) is 23.6. The van der Waals surface area contributed by atoms with Crippen molar-refractivity contribution in [3.8, 4) is 5.75 Å². The topological polar surface area (TPSA) is 60.0 Å². The molecular weight excluding hydrogens is 488 g/mol. The third kappa shape index (κ3) is 8.92. The molecule has 0 saturated heterocycles. The molecule has 0 aromatic heterocycles. The minimum Gasteiger partial charge on any atom is -0.491 e. The molecule has 0 radical (unpaired) electrons. The van der Waals surface area contributed by atoms with E-state index in [0.29, 0.717) is 50.9 Å². The molecule has 1 heterocycles. The molecule has 1 amide bonds. The lowest BCUT2D eigenvalue weighted by atomic mass is 9.99. The van der Waals surface area contributed by atoms with Crippen molar-refractivity contribution in [2.24, 2.45) is 5.92 Å². The van der Waals surface area contributed by atoms with Gasteiger partial charge >= 0.3 is 0 Å². The first-order valence-electron chi connectivity index (χ1n) is 14.0. The van der Waals surface area contributed by atoms with Gasteiger partial charge in [-0.1, -0.05) is 62.4 Å². The molecule has 1 aliphatic heterocycles. The molecule has 0 saturated carbocycles. The fraction of sp³-hybridized carbons (Fsp3) is 0.424. The van der Waals surface area contributed by atoms with E-state index >= 15 is 0 Å². The highest BCUT2D eigenvalue weighted by molar-refractivity contribution is 5.94. The Morgan fingerprint density at radius 1 is 0.974 bits per heavy atom. The van der Waals surface area contributed by atoms with Gasteiger partial charge in [0.2, 0.25) is 0 Å². The van der Waals surface area contributed by atoms with Crippen LogP contribution in [0.4, 0.5) is 0 Å². The van der Waals surface area contributed by atoms with Gasteiger partial charge in [-0.2, -0.15) is 0 Å². The normalized spacial score (nSPS) is 14.8. The molecule has 39 heavy (non-hydrogen) atoms. The number of carbonyl (C=O) groups is 1. The summed E-state index contributed by atoms with van der Waals surface area (Å²) >= 11 is 0. The van der Waals surface area contributed by atoms with E-state index in [4.69, 9.17) is 14.2 Å². The van der Waals surface area contributed by atoms with E-state index in [0.717, 1.165) is 42.1 Å². The van der Waals surface area contributed by atoms with Crippen LogP contribution in [-0.2, 0) is 35.6 Å². The van der Waals surface area contributed by atoms with Crippen LogP contribution in [0.5, 0.6) is 5.75 Å². The van der Waals surface area contributed by atoms with E-state index in [1.54, 1.807) is 7.11 Å². The molecule has 0 atom stereocenters. The first-order chi connectivity index (χ1) is 19.0. The molecule has 3 aromatic carbocycles. The SMILES string of the molecule is COCc1ccccc1CNC(=O)c1ccc2c(c1)Cc1cccc(c1)CN(CCC(C)C)CCOCCO2. The first kappa shape index (κ1) is 28.8. The van der Waals surface area contributed by atoms with Gasteiger partial charge in [0.1, 0.15) is 12.4 Å². The van der Waals surface area contributed by atoms with E-state index in [1.165, 1.54) is 17.5 Å². The van der Waals surface area contributed by atoms with Crippen LogP contribution < -0.4 is 10.1 Å². The molecule has 0 unspecified atom stereocenters. The van der Waals surface area contributed by atoms with Crippen LogP contribution >= 0.6 is 0 Å². The largest absolute Gasteiger partial charge is 0.491 e. The fourth-order valence-electron chi connectivity index (χ4n) is 4.84. The summed E-state index contributed by atoms with van der Waals surface area (Å²) in [7, 11) is 1.68. The summed E-state index contributed by atoms with van der Waals surface area (Å²) in [5.41, 5.74) is 6.24. The second-order valence-electron chi connectivity index (χ2n) is 10.6. The van der Waals surface area contributed by atoms with Crippen LogP contribution in [0.25, 0.3) is 0 Å². The lowest BCUT2D eigenvalue weighted by Crippen LogP contribution is -2.29. The average molecular weight is 531 g/mol. The van der Waals surface area contributed by atoms with Gasteiger partial charge < -0.3 is 19.5 Å². The molecule has 0 aliphatic carbocycles. The van der Waals surface area contributed by atoms with Gasteiger partial charge in [0, 0.05) is 38.7 Å². The maximum absolute atomic E-state index is 13.1. The molecular formula is C33H42N2O4. The van der Waals surface area contributed by atoms with Crippen LogP contribution in [0.1, 0.15) is 58.4 Å². The Hall–Kier alpha value is -3.19. The van der Waals surface area contributed by atoms with Crippen molar-refractivity contribution in [3.05, 3.63) is 100 Å². The molecule has 1 N–H and O–H groups in total. The lowest BCUT2D eigenvalue weighted by Gasteiger charge is -2.24. The van der Waals surface area contributed by atoms with Crippen molar-refractivity contribution in [1.29, 1.82) is 0 Å². The number of benzene rings is 3. The Kier molecular flexibility index (Phi) is 11.0. The van der Waals surface area contributed by atoms with E-state index in [9.17, 15) is 4.79 Å². The number of fused-ring (bicyclic) bond motifs is 3. The lowest BCUT2D eigenvalue weighted by molar-refractivity contribution is 0.0764. The molecule has 1 aliphatic rings. The summed E-state index contributed by atoms with van der Waals surface area (Å²) in [6.45, 7) is 10.0. The maximum atomic E-state index is 13.1. The molecule has 6 heteroatoms. The highest BCUT2D eigenvalue weighted by Gasteiger charge is 2.14. The summed E-state index contributed by atoms with van der Waals surface area (Å²) in [4.78, 5) is 15.6. The average Bonchev–Trinajstić information content (AvgIpc) is 2.93. The third-order valence-electron chi connectivity index (χ3n) is 7.03. The standard InChI is InChI=1S/C33H42N2O4/c1-25(2)13-14-35-15-16-38-17-18-39-32-12-11-28(21-31(32)20-26-7-6-8-27(19-26)23-35)33(36)34-22-29-9-4-5-10-30(29)24-37-3/h4-12,19,21,25H,13-18,20,22-24H2,1-3H3,(H,34,36). The molecule has 4 rings (SSSR count). The van der Waals surface area contributed by atoms with Crippen LogP contribution in [0, 0.1) is 5.92 Å². The van der Waals surface area contributed by atoms with Crippen LogP contribution in [0.15, 0.2) is 66.7 Å². The van der Waals surface area contributed by atoms with E-state index in [2.05, 4.69) is 48.3 Å². The summed E-state index contributed by atoms with van der Waals surface area (Å²) < 4.78 is 17.3. The molecule has 208 valence electrons. The number of carbonyl (C=O) groups excluding carboxylic acids is 1. The first-order valence-corrected chi connectivity index (χ1v) is 14.0. The minimum atomic E-state index is -0.109. The van der Waals surface area contributed by atoms with Gasteiger partial charge in [0.15, 0.2) is 0 Å². The summed E-state index contributed by atoms with van der Waals surface area (Å²) in [6.07, 6.45) is 1.85. The van der Waals surface area contributed by atoms with Crippen molar-refractivity contribution in [1.82, 2.24) is 10.2 Å². The summed E-state index contributed by atoms with van der Waals surface area (Å²) in [5.74, 6) is 1.35. The Morgan fingerprint density at radius 2 is 1.79 bits per heavy atom. The smallest absolute Gasteiger partial charge is 0.251 e. The van der Waals surface area contributed by atoms with Crippen molar-refractivity contribution in [2.75, 3.05) is 40.0 Å². The van der Waals surface area contributed by atoms with Crippen LogP contribution in [0.2, 0.25) is 0 Å². The van der Waals surface area contributed by atoms with Crippen molar-refractivity contribution < 1.29 is 19.0 Å². The van der Waals surface area contributed by atoms with Gasteiger partial charge in [-0.3, -0.25) is 9.69 Å². The Morgan fingerprint density at radius 3 is 2.62 bits per heavy atom. The number of hydrogen-bond acceptors (Lipinski definition) is 5. The number of ether oxygens (including phenoxy) is 3. The van der Waals surface area contributed by atoms with Crippen molar-refractivity contribution >= 4 is 5.91 Å². The highest BCUT2D eigenvalue weighted by Crippen LogP contribution is 2.25. The van der Waals surface area contributed by atoms with E-state index in [-0.39, 0.29) is 5.91 Å². The number of methoxy groups -OCH3 is 1. The molecule has 0 fully saturated rings. The number of hydrogen-bond donors (Lipinski definition) is 1. The van der Waals surface area contributed by atoms with Crippen molar-refractivity contribution in [3.63, 3.8) is 0 Å². The van der Waals surface area contributed by atoms with Gasteiger partial charge in [-0.05, 0) is 64.9 Å². The Bertz CT molecular complexity index is 1210. The molecule has 6 nitrogen and oxygen atoms in total. The zero-order valence-corrected chi connectivity index (χ0v) is 23.6. The van der Waals surface area contributed by atoms with Crippen LogP contribution in [-0.4, -0.2) is 50.8 Å². The van der Waals surface area contributed by atoms with Gasteiger partial charge in [0.25, 0.3) is 5.91 Å². The number of nitrogens with one attached hydrogen (secondary N) is 1. The number of rotatable bonds is 8. The van der Waals surface area contributed by atoms with E-state index < -0.39 is 0 Å². The highest BCUT2D eigenvalue weighted by atomic mass is 16.5. The van der Waals surface area contributed by atoms with E-state index in [1.807, 2.05) is 42.5 Å². The Labute approximate surface area is 233 Å². The Balaban J connectivity index is 1.52. The molecule has 2 bridgehead atoms. The number of amides is 1. The molecule has 0 spiro atoms. The zero-order chi connectivity index (χ0) is 27.5. The quantitative estimate of drug-likeness (QED) is 0.410. The molecule has 3 aromatic rings. The van der Waals surface area contributed by atoms with Gasteiger partial charge in [-0.25, -0.2) is 0 Å². The summed E-state index contributed by atoms with van der Waals surface area (Å²) in [6, 6.07) is 22.5. The maximum Gasteiger partial charge on any atom is 0.251 e. The number of nitrogens with zero attached hydrogens (tertiary/aromatic N) is 1. The minimum absolute atomic E-state index is 0.109. The second-order valence-corrected chi connectivity index (χ2v) is 10.6. The predicted octanol–water partition coefficient (Wildman–Crippen LogP) is 5.61. The van der Waals surface area contributed by atoms with Gasteiger partial charge in [0.05, 0.1) is 19.8 Å². The predicted molar refractivity (Wildman–Crippen MR) is 155 cm³/mol. The third-order valence-corrected chi connectivity index (χ3v) is 7.03. The second kappa shape index (κ2) is 14.8. The van der Waals surface area contributed by atoms with Crippen LogP contribution in [0.3, 0.4) is 0 Å². The summed E-state index contributed by atoms with van der Waals surface area (Å²) in [5, 5.41) is 3.07. The monoisotopic (exact) mass is 530 g/mol. The fourth-order valence-corrected chi connectivity index (χ4v) is 4.84. The van der Waals surface area contributed by atoms with Gasteiger partial charge in [-0.15, -0.1) is 0 Å².